The number of halogens is 1. The molecule has 4 aromatic carbocycles. The van der Waals surface area contributed by atoms with Gasteiger partial charge in [-0.2, -0.15) is 5.26 Å². The molecule has 4 rings (SSSR count). The number of carbonyl (C=O) groups excluding carboxylic acids is 5. The van der Waals surface area contributed by atoms with Gasteiger partial charge in [-0.3, -0.25) is 28.8 Å². The van der Waals surface area contributed by atoms with E-state index in [2.05, 4.69) is 160 Å². The maximum Gasteiger partial charge on any atom is 1.00 e. The van der Waals surface area contributed by atoms with Crippen molar-refractivity contribution >= 4 is 158 Å². The normalized spacial score (nSPS) is 15.1. The maximum atomic E-state index is 15.1. The number of nitriles is 1. The molecule has 0 saturated heterocycles. The first kappa shape index (κ1) is 94.3. The molecule has 0 spiro atoms. The fraction of sp³-hybridized carbons (Fsp3) is 0.493. The number of carbonyl (C=O) groups is 6. The third-order valence-electron chi connectivity index (χ3n) is 15.7. The van der Waals surface area contributed by atoms with E-state index < -0.39 is 107 Å². The first-order chi connectivity index (χ1) is 44.9. The first-order valence-corrected chi connectivity index (χ1v) is 35.4. The summed E-state index contributed by atoms with van der Waals surface area (Å²) in [7, 11) is -0.446. The van der Waals surface area contributed by atoms with Crippen molar-refractivity contribution in [2.45, 2.75) is 128 Å². The van der Waals surface area contributed by atoms with E-state index in [9.17, 15) is 54.8 Å². The second-order valence-electron chi connectivity index (χ2n) is 24.4. The first-order valence-electron chi connectivity index (χ1n) is 31.2. The van der Waals surface area contributed by atoms with Crippen molar-refractivity contribution in [1.82, 2.24) is 37.2 Å². The fourth-order valence-corrected chi connectivity index (χ4v) is 15.8. The van der Waals surface area contributed by atoms with Crippen molar-refractivity contribution in [3.05, 3.63) is 127 Å². The number of amides is 5. The van der Waals surface area contributed by atoms with E-state index in [0.29, 0.717) is 42.1 Å². The Morgan fingerprint density at radius 2 is 0.918 bits per heavy atom. The van der Waals surface area contributed by atoms with Gasteiger partial charge in [-0.25, -0.2) is 0 Å². The van der Waals surface area contributed by atoms with Crippen molar-refractivity contribution in [3.8, 4) is 6.07 Å². The molecule has 5 amide bonds. The molecule has 15 N–H and O–H groups in total. The van der Waals surface area contributed by atoms with E-state index in [1.807, 2.05) is 6.07 Å². The SMILES string of the molecule is CC(C#N)(CCC(=O)O)CC(C)(CC(C)(CC(C)(CC(C)(SC(=S)c1ccccc1)C(=O)NCCCNC(=S)S)C(=O)NCCCNC(=S)S)C(=O)NCCCN)C(=O)NCCCNC(=O)[C@@H](O)[C@@H](O)[C@H](O)[C@H](O)CO.Cl.[Au+].[Na+].c1ccc(P(c2ccccc2)c2ccccc2)cc1. The summed E-state index contributed by atoms with van der Waals surface area (Å²) >= 11 is 25.3. The van der Waals surface area contributed by atoms with Gasteiger partial charge in [0.1, 0.15) is 27.0 Å². The molecule has 0 heterocycles. The van der Waals surface area contributed by atoms with Crippen LogP contribution in [0.15, 0.2) is 121 Å². The van der Waals surface area contributed by atoms with Crippen LogP contribution in [0.3, 0.4) is 0 Å². The Labute approximate surface area is 653 Å². The number of thioether (sulfide) groups is 1. The average Bonchev–Trinajstić information content (AvgIpc) is 0.762. The number of hydrogen-bond acceptors (Lipinski definition) is 17. The molecule has 0 aliphatic heterocycles. The molecule has 31 heteroatoms. The van der Waals surface area contributed by atoms with Crippen molar-refractivity contribution in [3.63, 3.8) is 0 Å². The van der Waals surface area contributed by atoms with Gasteiger partial charge in [-0.1, -0.05) is 191 Å². The number of carboxylic acid groups (broad SMARTS) is 1. The second-order valence-corrected chi connectivity index (χ2v) is 31.2. The standard InChI is InChI=1S/C49H79N9O12S6.C18H15P.Au.ClH.Na/c1-45(30-51,16-15-33(61)62)26-46(2,39(67)54-20-10-19-52-37(66)36(65)35(64)34(63)32(60)25-59)27-47(3,40(68)53-18-9-17-50)28-48(4,41(69)55-21-11-23-57-43(72)73)29-49(5,42(70)56-22-12-24-58-44(74)75)76-38(71)31-13-7-6-8-14-31;1-4-10-16(11-5-1)19(17-12-6-2-7-13-17)18-14-8-3-9-15-18;;;/h6-8,13-14,32,34-36,59-60,63-65H,9-12,15-29,50H2,1-5H3,(H,52,66)(H,53,68)(H,54,67)(H,55,69)(H,56,70)(H,61,62)(H2,57,72,73)(H2,58,74,75);1-15H;;1H;/q;;+1;;+1/t32-,34-,35+,36+,45?,46?,47?,48?,49?;;;;/m1..../s1. The van der Waals surface area contributed by atoms with Crippen molar-refractivity contribution in [1.29, 1.82) is 5.26 Å². The van der Waals surface area contributed by atoms with Crippen LogP contribution in [0.4, 0.5) is 0 Å². The predicted molar refractivity (Wildman–Crippen MR) is 403 cm³/mol. The number of thiol groups is 2. The monoisotopic (exact) mass is 1700 g/mol. The molecular weight excluding hydrogens is 1600 g/mol. The van der Waals surface area contributed by atoms with Gasteiger partial charge in [0.15, 0.2) is 6.10 Å². The number of nitrogens with one attached hydrogen (secondary N) is 7. The number of benzene rings is 4. The summed E-state index contributed by atoms with van der Waals surface area (Å²) < 4.78 is -0.608. The van der Waals surface area contributed by atoms with E-state index in [1.54, 1.807) is 45.0 Å². The molecule has 9 atom stereocenters. The summed E-state index contributed by atoms with van der Waals surface area (Å²) in [6.07, 6.45) is -8.72. The number of nitrogens with zero attached hydrogens (tertiary/aromatic N) is 1. The summed E-state index contributed by atoms with van der Waals surface area (Å²) in [4.78, 5) is 84.1. The van der Waals surface area contributed by atoms with Gasteiger partial charge in [0.05, 0.1) is 27.0 Å². The van der Waals surface area contributed by atoms with Crippen LogP contribution in [-0.4, -0.2) is 167 Å². The average molecular weight is 1700 g/mol. The van der Waals surface area contributed by atoms with E-state index >= 15 is 4.79 Å². The fourth-order valence-electron chi connectivity index (χ4n) is 11.1. The molecule has 0 aliphatic rings. The van der Waals surface area contributed by atoms with Gasteiger partial charge in [0, 0.05) is 68.5 Å². The molecule has 538 valence electrons. The van der Waals surface area contributed by atoms with Crippen LogP contribution >= 0.6 is 94.0 Å². The van der Waals surface area contributed by atoms with Crippen LogP contribution in [0.2, 0.25) is 0 Å². The molecule has 0 saturated carbocycles. The summed E-state index contributed by atoms with van der Waals surface area (Å²) in [6, 6.07) is 43.5. The Morgan fingerprint density at radius 1 is 0.561 bits per heavy atom. The number of carboxylic acids is 1. The van der Waals surface area contributed by atoms with E-state index in [-0.39, 0.29) is 151 Å². The van der Waals surface area contributed by atoms with Crippen LogP contribution in [0, 0.1) is 33.0 Å². The Balaban J connectivity index is 0.00000361. The smallest absolute Gasteiger partial charge is 0.481 e. The largest absolute Gasteiger partial charge is 1.00 e. The summed E-state index contributed by atoms with van der Waals surface area (Å²) in [5.41, 5.74) is 0.0222. The number of aliphatic hydroxyl groups excluding tert-OH is 5. The number of aliphatic hydroxyl groups is 5. The number of aliphatic carboxylic acids is 1. The van der Waals surface area contributed by atoms with Gasteiger partial charge in [0.25, 0.3) is 5.91 Å². The third kappa shape index (κ3) is 32.8. The quantitative estimate of drug-likeness (QED) is 0.00993. The van der Waals surface area contributed by atoms with Crippen LogP contribution in [0.5, 0.6) is 0 Å². The van der Waals surface area contributed by atoms with Gasteiger partial charge in [0.2, 0.25) is 23.6 Å². The van der Waals surface area contributed by atoms with E-state index in [1.165, 1.54) is 29.8 Å². The molecular formula is C67H95AuClN9NaO12PS6+2. The van der Waals surface area contributed by atoms with Gasteiger partial charge in [-0.05, 0) is 108 Å². The Hall–Kier alpha value is -3.67. The number of thiocarbonyl (C=S) groups is 3. The summed E-state index contributed by atoms with van der Waals surface area (Å²) in [6.45, 7) is 8.09. The van der Waals surface area contributed by atoms with Crippen LogP contribution in [-0.2, 0) is 51.1 Å². The van der Waals surface area contributed by atoms with Gasteiger partial charge < -0.3 is 73.6 Å². The van der Waals surface area contributed by atoms with Gasteiger partial charge >= 0.3 is 57.9 Å². The van der Waals surface area contributed by atoms with Crippen LogP contribution in [0.1, 0.15) is 104 Å². The molecule has 98 heavy (non-hydrogen) atoms. The number of hydrogen-bond donors (Lipinski definition) is 16. The molecule has 0 radical (unpaired) electrons. The van der Waals surface area contributed by atoms with Crippen LogP contribution < -0.4 is 88.4 Å². The minimum atomic E-state index is -2.20. The Bertz CT molecular complexity index is 3090. The zero-order valence-electron chi connectivity index (χ0n) is 56.1. The summed E-state index contributed by atoms with van der Waals surface area (Å²) in [5.74, 6) is -4.56. The van der Waals surface area contributed by atoms with E-state index in [0.717, 1.165) is 11.8 Å². The predicted octanol–water partition coefficient (Wildman–Crippen LogP) is 1.84. The molecule has 21 nitrogen and oxygen atoms in total. The van der Waals surface area contributed by atoms with Crippen LogP contribution in [0.25, 0.3) is 0 Å². The van der Waals surface area contributed by atoms with Gasteiger partial charge in [-0.15, -0.1) is 37.7 Å². The minimum Gasteiger partial charge on any atom is -0.481 e. The zero-order valence-corrected chi connectivity index (χ0v) is 67.1. The van der Waals surface area contributed by atoms with Crippen molar-refractivity contribution in [2.75, 3.05) is 59.0 Å². The maximum absolute atomic E-state index is 15.1. The Kier molecular flexibility index (Phi) is 46.5. The molecule has 0 fully saturated rings. The molecule has 4 aromatic rings. The second kappa shape index (κ2) is 48.3. The molecule has 0 bridgehead atoms. The minimum absolute atomic E-state index is 0. The van der Waals surface area contributed by atoms with Crippen molar-refractivity contribution in [2.24, 2.45) is 27.4 Å². The Morgan fingerprint density at radius 3 is 1.30 bits per heavy atom. The summed E-state index contributed by atoms with van der Waals surface area (Å²) in [5, 5.41) is 93.5. The molecule has 5 unspecified atom stereocenters. The zero-order chi connectivity index (χ0) is 70.8. The molecule has 0 aromatic heterocycles. The third-order valence-corrected chi connectivity index (χ3v) is 20.4. The number of nitrogens with two attached hydrogens (primary N) is 1. The topological polar surface area (TPSA) is 358 Å². The van der Waals surface area contributed by atoms with Crippen molar-refractivity contribution < 1.29 is 111 Å². The number of rotatable bonds is 40. The molecule has 0 aliphatic carbocycles. The van der Waals surface area contributed by atoms with E-state index in [4.69, 9.17) is 47.5 Å².